The van der Waals surface area contributed by atoms with Crippen molar-refractivity contribution in [3.05, 3.63) is 35.4 Å². The van der Waals surface area contributed by atoms with Crippen LogP contribution in [0.4, 0.5) is 18.0 Å². The molecular formula is C16H21F3N2O2. The van der Waals surface area contributed by atoms with Gasteiger partial charge in [0.2, 0.25) is 0 Å². The Hall–Kier alpha value is -1.76. The average molecular weight is 330 g/mol. The maximum atomic E-state index is 12.9. The summed E-state index contributed by atoms with van der Waals surface area (Å²) in [6.07, 6.45) is -4.92. The second-order valence-corrected chi connectivity index (χ2v) is 6.52. The van der Waals surface area contributed by atoms with Crippen LogP contribution in [0.25, 0.3) is 0 Å². The third-order valence-corrected chi connectivity index (χ3v) is 3.47. The van der Waals surface area contributed by atoms with E-state index >= 15 is 0 Å². The highest BCUT2D eigenvalue weighted by Crippen LogP contribution is 2.32. The number of hydrogen-bond donors (Lipinski definition) is 1. The number of rotatable bonds is 1. The molecule has 7 heteroatoms. The third-order valence-electron chi connectivity index (χ3n) is 3.47. The van der Waals surface area contributed by atoms with Crippen molar-refractivity contribution >= 4 is 6.09 Å². The smallest absolute Gasteiger partial charge is 0.416 e. The molecule has 1 aliphatic heterocycles. The van der Waals surface area contributed by atoms with Crippen LogP contribution in [-0.4, -0.2) is 36.2 Å². The van der Waals surface area contributed by atoms with Gasteiger partial charge in [-0.05, 0) is 38.5 Å². The van der Waals surface area contributed by atoms with Crippen LogP contribution in [0.5, 0.6) is 0 Å². The lowest BCUT2D eigenvalue weighted by Gasteiger charge is -2.37. The van der Waals surface area contributed by atoms with Crippen LogP contribution in [0.3, 0.4) is 0 Å². The summed E-state index contributed by atoms with van der Waals surface area (Å²) in [5.41, 5.74) is -0.928. The highest BCUT2D eigenvalue weighted by molar-refractivity contribution is 5.69. The Bertz CT molecular complexity index is 567. The zero-order chi connectivity index (χ0) is 17.3. The Kier molecular flexibility index (Phi) is 4.89. The van der Waals surface area contributed by atoms with Crippen LogP contribution in [0.15, 0.2) is 24.3 Å². The monoisotopic (exact) mass is 330 g/mol. The molecule has 0 spiro atoms. The van der Waals surface area contributed by atoms with Crippen molar-refractivity contribution in [2.45, 2.75) is 38.6 Å². The second kappa shape index (κ2) is 6.39. The molecule has 1 aromatic rings. The number of nitrogens with zero attached hydrogens (tertiary/aromatic N) is 1. The lowest BCUT2D eigenvalue weighted by atomic mass is 10.0. The highest BCUT2D eigenvalue weighted by Gasteiger charge is 2.34. The Morgan fingerprint density at radius 3 is 2.61 bits per heavy atom. The molecule has 0 bridgehead atoms. The van der Waals surface area contributed by atoms with Crippen molar-refractivity contribution in [1.82, 2.24) is 10.2 Å². The van der Waals surface area contributed by atoms with Gasteiger partial charge in [0.1, 0.15) is 5.60 Å². The third kappa shape index (κ3) is 4.60. The molecule has 1 fully saturated rings. The van der Waals surface area contributed by atoms with E-state index < -0.39 is 29.5 Å². The second-order valence-electron chi connectivity index (χ2n) is 6.52. The summed E-state index contributed by atoms with van der Waals surface area (Å²) < 4.78 is 44.0. The fraction of sp³-hybridized carbons (Fsp3) is 0.562. The van der Waals surface area contributed by atoms with Gasteiger partial charge in [-0.1, -0.05) is 12.1 Å². The van der Waals surface area contributed by atoms with E-state index in [1.54, 1.807) is 26.8 Å². The molecule has 0 saturated carbocycles. The van der Waals surface area contributed by atoms with Crippen LogP contribution < -0.4 is 5.32 Å². The molecule has 2 rings (SSSR count). The molecule has 4 nitrogen and oxygen atoms in total. The minimum absolute atomic E-state index is 0.385. The van der Waals surface area contributed by atoms with Gasteiger partial charge in [0.05, 0.1) is 11.6 Å². The maximum Gasteiger partial charge on any atom is 0.416 e. The molecule has 0 aliphatic carbocycles. The molecule has 0 unspecified atom stereocenters. The predicted octanol–water partition coefficient (Wildman–Crippen LogP) is 3.59. The first kappa shape index (κ1) is 17.6. The van der Waals surface area contributed by atoms with Crippen LogP contribution in [0.1, 0.15) is 37.9 Å². The molecule has 1 saturated heterocycles. The van der Waals surface area contributed by atoms with Gasteiger partial charge >= 0.3 is 12.3 Å². The summed E-state index contributed by atoms with van der Waals surface area (Å²) in [6, 6.07) is 4.59. The normalized spacial score (nSPS) is 19.6. The number of piperazine rings is 1. The van der Waals surface area contributed by atoms with Gasteiger partial charge in [-0.3, -0.25) is 4.90 Å². The molecule has 23 heavy (non-hydrogen) atoms. The van der Waals surface area contributed by atoms with E-state index in [4.69, 9.17) is 4.74 Å². The van der Waals surface area contributed by atoms with E-state index in [1.165, 1.54) is 11.0 Å². The number of ether oxygens (including phenoxy) is 1. The van der Waals surface area contributed by atoms with Crippen molar-refractivity contribution in [3.8, 4) is 0 Å². The fourth-order valence-electron chi connectivity index (χ4n) is 2.46. The summed E-state index contributed by atoms with van der Waals surface area (Å²) in [7, 11) is 0. The number of halogens is 3. The van der Waals surface area contributed by atoms with Gasteiger partial charge in [-0.25, -0.2) is 4.79 Å². The molecule has 128 valence electrons. The quantitative estimate of drug-likeness (QED) is 0.856. The van der Waals surface area contributed by atoms with E-state index in [2.05, 4.69) is 5.32 Å². The maximum absolute atomic E-state index is 12.9. The molecule has 1 atom stereocenters. The molecule has 1 heterocycles. The Morgan fingerprint density at radius 2 is 2.00 bits per heavy atom. The van der Waals surface area contributed by atoms with E-state index in [-0.39, 0.29) is 0 Å². The van der Waals surface area contributed by atoms with Crippen molar-refractivity contribution in [1.29, 1.82) is 0 Å². The van der Waals surface area contributed by atoms with Crippen molar-refractivity contribution in [2.75, 3.05) is 19.6 Å². The van der Waals surface area contributed by atoms with Gasteiger partial charge in [0.25, 0.3) is 0 Å². The van der Waals surface area contributed by atoms with Gasteiger partial charge in [0.15, 0.2) is 0 Å². The van der Waals surface area contributed by atoms with Crippen molar-refractivity contribution < 1.29 is 22.7 Å². The largest absolute Gasteiger partial charge is 0.444 e. The number of alkyl halides is 3. The molecular weight excluding hydrogens is 309 g/mol. The summed E-state index contributed by atoms with van der Waals surface area (Å²) in [5.74, 6) is 0. The van der Waals surface area contributed by atoms with Gasteiger partial charge in [0, 0.05) is 19.6 Å². The summed E-state index contributed by atoms with van der Waals surface area (Å²) in [6.45, 7) is 6.62. The number of benzene rings is 1. The number of amides is 1. The molecule has 1 aliphatic rings. The van der Waals surface area contributed by atoms with Crippen molar-refractivity contribution in [2.24, 2.45) is 0 Å². The summed E-state index contributed by atoms with van der Waals surface area (Å²) >= 11 is 0. The van der Waals surface area contributed by atoms with Gasteiger partial charge in [-0.2, -0.15) is 13.2 Å². The van der Waals surface area contributed by atoms with E-state index in [0.29, 0.717) is 25.2 Å². The highest BCUT2D eigenvalue weighted by atomic mass is 19.4. The van der Waals surface area contributed by atoms with Gasteiger partial charge in [-0.15, -0.1) is 0 Å². The van der Waals surface area contributed by atoms with Crippen molar-refractivity contribution in [3.63, 3.8) is 0 Å². The predicted molar refractivity (Wildman–Crippen MR) is 80.0 cm³/mol. The van der Waals surface area contributed by atoms with E-state index in [9.17, 15) is 18.0 Å². The Morgan fingerprint density at radius 1 is 1.30 bits per heavy atom. The molecule has 1 N–H and O–H groups in total. The van der Waals surface area contributed by atoms with Crippen LogP contribution in [0.2, 0.25) is 0 Å². The fourth-order valence-corrected chi connectivity index (χ4v) is 2.46. The first-order valence-electron chi connectivity index (χ1n) is 7.45. The SMILES string of the molecule is CC(C)(C)OC(=O)N1CCNC[C@H]1c1cccc(C(F)(F)F)c1. The first-order chi connectivity index (χ1) is 10.6. The number of carbonyl (C=O) groups is 1. The zero-order valence-electron chi connectivity index (χ0n) is 13.4. The molecule has 1 aromatic carbocycles. The molecule has 0 radical (unpaired) electrons. The average Bonchev–Trinajstić information content (AvgIpc) is 2.45. The van der Waals surface area contributed by atoms with Crippen LogP contribution >= 0.6 is 0 Å². The summed E-state index contributed by atoms with van der Waals surface area (Å²) in [4.78, 5) is 13.8. The lowest BCUT2D eigenvalue weighted by Crippen LogP contribution is -2.50. The number of hydrogen-bond acceptors (Lipinski definition) is 3. The van der Waals surface area contributed by atoms with Crippen LogP contribution in [0, 0.1) is 0 Å². The standard InChI is InChI=1S/C16H21F3N2O2/c1-15(2,3)23-14(22)21-8-7-20-10-13(21)11-5-4-6-12(9-11)16(17,18)19/h4-6,9,13,20H,7-8,10H2,1-3H3/t13-/m0/s1. The zero-order valence-corrected chi connectivity index (χ0v) is 13.4. The first-order valence-corrected chi connectivity index (χ1v) is 7.45. The van der Waals surface area contributed by atoms with E-state index in [1.807, 2.05) is 0 Å². The lowest BCUT2D eigenvalue weighted by molar-refractivity contribution is -0.137. The van der Waals surface area contributed by atoms with Crippen LogP contribution in [-0.2, 0) is 10.9 Å². The van der Waals surface area contributed by atoms with E-state index in [0.717, 1.165) is 12.1 Å². The topological polar surface area (TPSA) is 41.6 Å². The minimum atomic E-state index is -4.41. The Balaban J connectivity index is 2.26. The van der Waals surface area contributed by atoms with Gasteiger partial charge < -0.3 is 10.1 Å². The molecule has 0 aromatic heterocycles. The Labute approximate surface area is 133 Å². The summed E-state index contributed by atoms with van der Waals surface area (Å²) in [5, 5.41) is 3.11. The molecule has 1 amide bonds. The number of carbonyl (C=O) groups excluding carboxylic acids is 1. The number of nitrogens with one attached hydrogen (secondary N) is 1. The minimum Gasteiger partial charge on any atom is -0.444 e.